The molecule has 0 aromatic heterocycles. The Morgan fingerprint density at radius 3 is 0.776 bits per heavy atom. The molecular formula is C47H70N10O10. The SMILES string of the molecule is C=CC(=O)CCCN(CCN(CCNC(=O)C=C)C(=O)C=C)C(=O)C=C.C=CC(=O)NCCN(CCNC(=O)C=C)C(=O)C=C.C=CC(=O)NCCN(CCNC(=O)C=C)CCNC(=O)C=C. The summed E-state index contributed by atoms with van der Waals surface area (Å²) in [5.41, 5.74) is 0. The molecule has 9 amide bonds. The molecule has 0 aliphatic rings. The zero-order valence-electron chi connectivity index (χ0n) is 38.7. The van der Waals surface area contributed by atoms with Crippen molar-refractivity contribution in [2.75, 3.05) is 98.2 Å². The molecule has 0 aromatic rings. The molecule has 0 aromatic carbocycles. The second-order valence-electron chi connectivity index (χ2n) is 13.2. The fourth-order valence-electron chi connectivity index (χ4n) is 4.89. The Kier molecular flexibility index (Phi) is 40.0. The Bertz CT molecular complexity index is 1620. The normalized spacial score (nSPS) is 9.45. The Balaban J connectivity index is -0.000000929. The maximum Gasteiger partial charge on any atom is 0.246 e. The van der Waals surface area contributed by atoms with Crippen LogP contribution in [0.5, 0.6) is 0 Å². The van der Waals surface area contributed by atoms with E-state index < -0.39 is 0 Å². The lowest BCUT2D eigenvalue weighted by atomic mass is 10.2. The van der Waals surface area contributed by atoms with Gasteiger partial charge in [-0.2, -0.15) is 0 Å². The number of amides is 9. The first-order valence-corrected chi connectivity index (χ1v) is 21.0. The minimum absolute atomic E-state index is 0.0857. The monoisotopic (exact) mass is 935 g/mol. The van der Waals surface area contributed by atoms with Gasteiger partial charge in [0.05, 0.1) is 0 Å². The van der Waals surface area contributed by atoms with E-state index in [0.29, 0.717) is 84.8 Å². The number of nitrogens with zero attached hydrogens (tertiary/aromatic N) is 4. The Hall–Kier alpha value is -7.74. The lowest BCUT2D eigenvalue weighted by Gasteiger charge is -2.27. The highest BCUT2D eigenvalue weighted by Crippen LogP contribution is 2.01. The third kappa shape index (κ3) is 36.3. The van der Waals surface area contributed by atoms with Gasteiger partial charge in [0.15, 0.2) is 5.78 Å². The third-order valence-electron chi connectivity index (χ3n) is 8.51. The van der Waals surface area contributed by atoms with E-state index in [-0.39, 0.29) is 85.1 Å². The molecule has 0 rings (SSSR count). The van der Waals surface area contributed by atoms with Crippen molar-refractivity contribution < 1.29 is 47.9 Å². The first-order valence-electron chi connectivity index (χ1n) is 21.0. The molecular weight excluding hydrogens is 865 g/mol. The lowest BCUT2D eigenvalue weighted by molar-refractivity contribution is -0.130. The fourth-order valence-corrected chi connectivity index (χ4v) is 4.89. The largest absolute Gasteiger partial charge is 0.351 e. The maximum absolute atomic E-state index is 12.0. The van der Waals surface area contributed by atoms with Gasteiger partial charge in [0.2, 0.25) is 53.2 Å². The van der Waals surface area contributed by atoms with Gasteiger partial charge in [-0.05, 0) is 67.2 Å². The molecule has 0 unspecified atom stereocenters. The Morgan fingerprint density at radius 2 is 0.537 bits per heavy atom. The summed E-state index contributed by atoms with van der Waals surface area (Å²) in [7, 11) is 0. The number of rotatable bonds is 35. The Labute approximate surface area is 395 Å². The number of hydrogen-bond acceptors (Lipinski definition) is 11. The summed E-state index contributed by atoms with van der Waals surface area (Å²) >= 11 is 0. The van der Waals surface area contributed by atoms with E-state index in [4.69, 9.17) is 0 Å². The van der Waals surface area contributed by atoms with Crippen LogP contribution >= 0.6 is 0 Å². The zero-order chi connectivity index (χ0) is 51.4. The molecule has 0 saturated carbocycles. The van der Waals surface area contributed by atoms with Gasteiger partial charge in [0, 0.05) is 105 Å². The minimum atomic E-state index is -0.327. The van der Waals surface area contributed by atoms with Crippen LogP contribution < -0.4 is 31.9 Å². The van der Waals surface area contributed by atoms with Crippen molar-refractivity contribution in [1.29, 1.82) is 0 Å². The van der Waals surface area contributed by atoms with Crippen molar-refractivity contribution >= 4 is 58.9 Å². The molecule has 6 N–H and O–H groups in total. The van der Waals surface area contributed by atoms with Crippen molar-refractivity contribution in [3.05, 3.63) is 127 Å². The summed E-state index contributed by atoms with van der Waals surface area (Å²) in [5, 5.41) is 15.7. The number of ketones is 1. The van der Waals surface area contributed by atoms with E-state index in [1.165, 1.54) is 57.2 Å². The molecule has 0 bridgehead atoms. The van der Waals surface area contributed by atoms with Gasteiger partial charge in [-0.15, -0.1) is 0 Å². The minimum Gasteiger partial charge on any atom is -0.351 e. The van der Waals surface area contributed by atoms with Crippen LogP contribution in [0.1, 0.15) is 12.8 Å². The van der Waals surface area contributed by atoms with Crippen LogP contribution in [-0.2, 0) is 47.9 Å². The number of carbonyl (C=O) groups excluding carboxylic acids is 10. The summed E-state index contributed by atoms with van der Waals surface area (Å²) in [4.78, 5) is 120. The predicted octanol–water partition coefficient (Wildman–Crippen LogP) is -0.346. The standard InChI is InChI=1S/C19H27N3O4.C15H24N4O3.C13H19N3O3/c1-5-16(23)10-9-12-21(18(25)7-3)14-15-22(19(26)8-4)13-11-20-17(24)6-2;1-4-13(20)16-7-10-19(11-8-17-14(21)5-2)12-9-18-15(22)6-3;1-4-11(17)14-7-9-16(13(19)6-3)10-8-15-12(18)5-2/h5-8H,1-4,9-15H2,(H,20,24);4-6H,1-3,7-12H2,(H,16,20)(H,17,21)(H,18,22);4-6H,1-3,7-10H2,(H,14,17)(H,15,18). The van der Waals surface area contributed by atoms with Crippen LogP contribution in [0.4, 0.5) is 0 Å². The van der Waals surface area contributed by atoms with Crippen LogP contribution in [0.15, 0.2) is 127 Å². The van der Waals surface area contributed by atoms with Gasteiger partial charge in [0.25, 0.3) is 0 Å². The molecule has 0 fully saturated rings. The number of nitrogens with one attached hydrogen (secondary N) is 6. The van der Waals surface area contributed by atoms with Crippen LogP contribution in [0.25, 0.3) is 0 Å². The summed E-state index contributed by atoms with van der Waals surface area (Å²) in [5.74, 6) is -2.56. The molecule has 0 aliphatic carbocycles. The van der Waals surface area contributed by atoms with Gasteiger partial charge < -0.3 is 46.6 Å². The van der Waals surface area contributed by atoms with Crippen LogP contribution in [0, 0.1) is 0 Å². The topological polar surface area (TPSA) is 256 Å². The highest BCUT2D eigenvalue weighted by Gasteiger charge is 2.16. The van der Waals surface area contributed by atoms with Crippen LogP contribution in [0.3, 0.4) is 0 Å². The van der Waals surface area contributed by atoms with Crippen LogP contribution in [0.2, 0.25) is 0 Å². The summed E-state index contributed by atoms with van der Waals surface area (Å²) < 4.78 is 0. The molecule has 67 heavy (non-hydrogen) atoms. The van der Waals surface area contributed by atoms with Crippen molar-refractivity contribution in [2.24, 2.45) is 0 Å². The van der Waals surface area contributed by atoms with Gasteiger partial charge in [-0.3, -0.25) is 52.8 Å². The van der Waals surface area contributed by atoms with Gasteiger partial charge in [0.1, 0.15) is 0 Å². The first-order chi connectivity index (χ1) is 32.0. The summed E-state index contributed by atoms with van der Waals surface area (Å²) in [6, 6.07) is 0. The molecule has 0 aliphatic heterocycles. The van der Waals surface area contributed by atoms with Crippen molar-refractivity contribution in [2.45, 2.75) is 12.8 Å². The van der Waals surface area contributed by atoms with Crippen molar-refractivity contribution in [1.82, 2.24) is 51.5 Å². The van der Waals surface area contributed by atoms with Crippen LogP contribution in [-0.4, -0.2) is 177 Å². The molecule has 0 heterocycles. The lowest BCUT2D eigenvalue weighted by Crippen LogP contribution is -2.43. The molecule has 20 nitrogen and oxygen atoms in total. The number of carbonyl (C=O) groups is 10. The average molecular weight is 935 g/mol. The van der Waals surface area contributed by atoms with Crippen molar-refractivity contribution in [3.63, 3.8) is 0 Å². The predicted molar refractivity (Wildman–Crippen MR) is 260 cm³/mol. The number of hydrogen-bond donors (Lipinski definition) is 6. The highest BCUT2D eigenvalue weighted by atomic mass is 16.2. The summed E-state index contributed by atoms with van der Waals surface area (Å²) in [6.45, 7) is 39.7. The molecule has 368 valence electrons. The van der Waals surface area contributed by atoms with Gasteiger partial charge >= 0.3 is 0 Å². The van der Waals surface area contributed by atoms with Gasteiger partial charge in [-0.25, -0.2) is 0 Å². The van der Waals surface area contributed by atoms with E-state index in [1.54, 1.807) is 0 Å². The van der Waals surface area contributed by atoms with Crippen molar-refractivity contribution in [3.8, 4) is 0 Å². The van der Waals surface area contributed by atoms with E-state index in [2.05, 4.69) is 97.7 Å². The smallest absolute Gasteiger partial charge is 0.246 e. The molecule has 0 saturated heterocycles. The van der Waals surface area contributed by atoms with E-state index >= 15 is 0 Å². The second kappa shape index (κ2) is 42.2. The molecule has 0 atom stereocenters. The Morgan fingerprint density at radius 1 is 0.299 bits per heavy atom. The maximum atomic E-state index is 12.0. The van der Waals surface area contributed by atoms with E-state index in [1.807, 2.05) is 4.90 Å². The van der Waals surface area contributed by atoms with E-state index in [9.17, 15) is 47.9 Å². The first kappa shape index (κ1) is 63.5. The molecule has 0 radical (unpaired) electrons. The average Bonchev–Trinajstić information content (AvgIpc) is 3.34. The number of allylic oxidation sites excluding steroid dienone is 1. The fraction of sp³-hybridized carbons (Fsp3) is 0.362. The highest BCUT2D eigenvalue weighted by molar-refractivity contribution is 5.91. The van der Waals surface area contributed by atoms with E-state index in [0.717, 1.165) is 18.2 Å². The van der Waals surface area contributed by atoms with Gasteiger partial charge in [-0.1, -0.05) is 65.8 Å². The molecule has 0 spiro atoms. The molecule has 20 heteroatoms. The third-order valence-corrected chi connectivity index (χ3v) is 8.51. The zero-order valence-corrected chi connectivity index (χ0v) is 38.7. The quantitative estimate of drug-likeness (QED) is 0.0448. The summed E-state index contributed by atoms with van der Waals surface area (Å²) in [6.07, 6.45) is 12.7. The second-order valence-corrected chi connectivity index (χ2v) is 13.2.